The van der Waals surface area contributed by atoms with Gasteiger partial charge in [0.15, 0.2) is 5.11 Å². The van der Waals surface area contributed by atoms with Crippen molar-refractivity contribution in [2.75, 3.05) is 6.61 Å². The van der Waals surface area contributed by atoms with E-state index in [1.54, 1.807) is 0 Å². The van der Waals surface area contributed by atoms with E-state index in [1.165, 1.54) is 0 Å². The summed E-state index contributed by atoms with van der Waals surface area (Å²) in [6.45, 7) is 4.12. The molecule has 13 heavy (non-hydrogen) atoms. The van der Waals surface area contributed by atoms with Crippen LogP contribution in [-0.2, 0) is 16.3 Å². The van der Waals surface area contributed by atoms with Gasteiger partial charge in [0.05, 0.1) is 6.61 Å². The first kappa shape index (κ1) is 13.3. The number of hydrogen-bond acceptors (Lipinski definition) is 3. The lowest BCUT2D eigenvalue weighted by Crippen LogP contribution is -2.35. The highest BCUT2D eigenvalue weighted by Gasteiger charge is 2.18. The van der Waals surface area contributed by atoms with Crippen molar-refractivity contribution in [3.63, 3.8) is 0 Å². The molecule has 0 aromatic rings. The summed E-state index contributed by atoms with van der Waals surface area (Å²) in [7, 11) is 0. The molecule has 0 spiro atoms. The summed E-state index contributed by atoms with van der Waals surface area (Å²) in [4.78, 5) is 0. The van der Waals surface area contributed by atoms with Crippen LogP contribution in [0.2, 0.25) is 0 Å². The first-order valence-electron chi connectivity index (χ1n) is 3.99. The van der Waals surface area contributed by atoms with Crippen molar-refractivity contribution in [3.05, 3.63) is 0 Å². The molecule has 7 heteroatoms. The fraction of sp³-hybridized carbons (Fsp3) is 0.833. The smallest absolute Gasteiger partial charge is 0.225 e. The Kier molecular flexibility index (Phi) is 6.00. The Hall–Kier alpha value is 0.260. The summed E-state index contributed by atoms with van der Waals surface area (Å²) in [6, 6.07) is 0.235. The molecule has 4 N–H and O–H groups in total. The van der Waals surface area contributed by atoms with Gasteiger partial charge in [-0.25, -0.2) is 5.09 Å². The minimum absolute atomic E-state index is 0.171. The normalized spacial score (nSPS) is 15.4. The van der Waals surface area contributed by atoms with Crippen molar-refractivity contribution >= 4 is 35.7 Å². The molecule has 0 aliphatic rings. The molecule has 0 radical (unpaired) electrons. The molecule has 0 saturated carbocycles. The second-order valence-corrected chi connectivity index (χ2v) is 6.55. The number of nitrogens with one attached hydrogen (secondary N) is 2. The molecule has 78 valence electrons. The van der Waals surface area contributed by atoms with E-state index in [0.717, 1.165) is 0 Å². The summed E-state index contributed by atoms with van der Waals surface area (Å²) in [5.41, 5.74) is 5.35. The fourth-order valence-corrected chi connectivity index (χ4v) is 4.11. The van der Waals surface area contributed by atoms with Crippen molar-refractivity contribution < 1.29 is 4.52 Å². The van der Waals surface area contributed by atoms with E-state index in [9.17, 15) is 0 Å². The highest BCUT2D eigenvalue weighted by atomic mass is 32.4. The van der Waals surface area contributed by atoms with Gasteiger partial charge in [-0.05, 0) is 44.8 Å². The van der Waals surface area contributed by atoms with E-state index < -0.39 is 6.57 Å². The summed E-state index contributed by atoms with van der Waals surface area (Å²) < 4.78 is 5.39. The molecule has 0 aliphatic heterocycles. The van der Waals surface area contributed by atoms with E-state index >= 15 is 0 Å². The highest BCUT2D eigenvalue weighted by molar-refractivity contribution is 8.10. The minimum Gasteiger partial charge on any atom is -0.376 e. The van der Waals surface area contributed by atoms with E-state index in [0.29, 0.717) is 6.61 Å². The monoisotopic (exact) mass is 241 g/mol. The first-order valence-corrected chi connectivity index (χ1v) is 7.12. The topological polar surface area (TPSA) is 59.3 Å². The van der Waals surface area contributed by atoms with E-state index in [2.05, 4.69) is 10.2 Å². The van der Waals surface area contributed by atoms with E-state index in [4.69, 9.17) is 34.3 Å². The Morgan fingerprint density at radius 3 is 2.46 bits per heavy atom. The summed E-state index contributed by atoms with van der Waals surface area (Å²) in [6.07, 6.45) is 0. The molecule has 0 saturated heterocycles. The van der Waals surface area contributed by atoms with Crippen molar-refractivity contribution in [2.24, 2.45) is 5.73 Å². The molecule has 0 bridgehead atoms. The summed E-state index contributed by atoms with van der Waals surface area (Å²) in [5.74, 6) is 0. The van der Waals surface area contributed by atoms with Crippen LogP contribution in [0, 0.1) is 0 Å². The van der Waals surface area contributed by atoms with E-state index in [1.807, 2.05) is 20.8 Å². The van der Waals surface area contributed by atoms with Crippen LogP contribution >= 0.6 is 18.8 Å². The van der Waals surface area contributed by atoms with Crippen molar-refractivity contribution in [1.29, 1.82) is 0 Å². The Morgan fingerprint density at radius 1 is 1.62 bits per heavy atom. The fourth-order valence-electron chi connectivity index (χ4n) is 0.769. The Morgan fingerprint density at radius 2 is 2.15 bits per heavy atom. The van der Waals surface area contributed by atoms with Crippen LogP contribution in [0.15, 0.2) is 0 Å². The average molecular weight is 241 g/mol. The van der Waals surface area contributed by atoms with Crippen LogP contribution in [0.3, 0.4) is 0 Å². The predicted molar refractivity (Wildman–Crippen MR) is 64.1 cm³/mol. The van der Waals surface area contributed by atoms with Crippen LogP contribution in [0.4, 0.5) is 0 Å². The third-order valence-corrected chi connectivity index (χ3v) is 4.17. The van der Waals surface area contributed by atoms with E-state index in [-0.39, 0.29) is 11.2 Å². The maximum Gasteiger partial charge on any atom is 0.225 e. The quantitative estimate of drug-likeness (QED) is 0.494. The zero-order valence-electron chi connectivity index (χ0n) is 8.03. The average Bonchev–Trinajstić information content (AvgIpc) is 1.81. The molecule has 0 aromatic heterocycles. The van der Waals surface area contributed by atoms with Gasteiger partial charge < -0.3 is 15.3 Å². The van der Waals surface area contributed by atoms with Crippen molar-refractivity contribution in [2.45, 2.75) is 26.8 Å². The molecule has 1 unspecified atom stereocenters. The lowest BCUT2D eigenvalue weighted by molar-refractivity contribution is 0.364. The van der Waals surface area contributed by atoms with Crippen LogP contribution in [-0.4, -0.2) is 17.8 Å². The van der Waals surface area contributed by atoms with Crippen molar-refractivity contribution in [1.82, 2.24) is 10.2 Å². The zero-order valence-corrected chi connectivity index (χ0v) is 10.6. The molecule has 0 fully saturated rings. The van der Waals surface area contributed by atoms with Crippen LogP contribution in [0.1, 0.15) is 20.8 Å². The van der Waals surface area contributed by atoms with Gasteiger partial charge in [-0.3, -0.25) is 0 Å². The van der Waals surface area contributed by atoms with Crippen LogP contribution < -0.4 is 15.9 Å². The molecule has 4 nitrogen and oxygen atoms in total. The van der Waals surface area contributed by atoms with Crippen LogP contribution in [0.5, 0.6) is 0 Å². The summed E-state index contributed by atoms with van der Waals surface area (Å²) >= 11 is 9.97. The molecule has 1 atom stereocenters. The largest absolute Gasteiger partial charge is 0.376 e. The maximum atomic E-state index is 5.39. The minimum atomic E-state index is -2.26. The third-order valence-electron chi connectivity index (χ3n) is 0.996. The number of hydrogen-bond donors (Lipinski definition) is 3. The van der Waals surface area contributed by atoms with Gasteiger partial charge in [0.1, 0.15) is 0 Å². The van der Waals surface area contributed by atoms with Gasteiger partial charge in [0.25, 0.3) is 0 Å². The zero-order chi connectivity index (χ0) is 10.5. The number of nitrogens with two attached hydrogens (primary N) is 1. The third kappa shape index (κ3) is 6.35. The number of rotatable bonds is 5. The lowest BCUT2D eigenvalue weighted by atomic mass is 10.4. The second kappa shape index (κ2) is 5.88. The molecule has 0 aromatic carbocycles. The highest BCUT2D eigenvalue weighted by Crippen LogP contribution is 2.37. The van der Waals surface area contributed by atoms with Crippen LogP contribution in [0.25, 0.3) is 0 Å². The Labute approximate surface area is 89.8 Å². The van der Waals surface area contributed by atoms with Gasteiger partial charge in [-0.15, -0.1) is 0 Å². The first-order chi connectivity index (χ1) is 5.89. The van der Waals surface area contributed by atoms with Gasteiger partial charge in [-0.2, -0.15) is 0 Å². The second-order valence-electron chi connectivity index (χ2n) is 2.73. The molecule has 0 heterocycles. The van der Waals surface area contributed by atoms with Crippen molar-refractivity contribution in [3.8, 4) is 0 Å². The predicted octanol–water partition coefficient (Wildman–Crippen LogP) is 1.08. The molecular formula is C6H16N3OPS2. The Bertz CT molecular complexity index is 222. The molecule has 0 aliphatic carbocycles. The summed E-state index contributed by atoms with van der Waals surface area (Å²) in [5, 5.41) is 6.08. The molecular weight excluding hydrogens is 225 g/mol. The van der Waals surface area contributed by atoms with Gasteiger partial charge in [0, 0.05) is 6.04 Å². The SMILES string of the molecule is CCOP(=S)(NC(N)=S)NC(C)C. The Balaban J connectivity index is 4.34. The number of thiocarbonyl (C=S) groups is 1. The standard InChI is InChI=1S/C6H16N3OPS2/c1-4-10-11(13,8-5(2)3)9-6(7)12/h5H,4H2,1-3H3,(H4,7,8,9,12,13). The molecule has 0 amide bonds. The van der Waals surface area contributed by atoms with Gasteiger partial charge >= 0.3 is 0 Å². The maximum absolute atomic E-state index is 5.39. The van der Waals surface area contributed by atoms with Gasteiger partial charge in [-0.1, -0.05) is 0 Å². The van der Waals surface area contributed by atoms with Gasteiger partial charge in [0.2, 0.25) is 6.57 Å². The lowest BCUT2D eigenvalue weighted by Gasteiger charge is -2.25. The molecule has 0 rings (SSSR count).